The maximum absolute atomic E-state index is 12.0. The van der Waals surface area contributed by atoms with E-state index in [1.54, 1.807) is 12.2 Å². The molecule has 0 aliphatic carbocycles. The van der Waals surface area contributed by atoms with E-state index in [1.807, 2.05) is 54.6 Å². The van der Waals surface area contributed by atoms with E-state index < -0.39 is 5.63 Å². The van der Waals surface area contributed by atoms with Crippen LogP contribution < -0.4 is 16.2 Å². The van der Waals surface area contributed by atoms with E-state index in [1.165, 1.54) is 0 Å². The van der Waals surface area contributed by atoms with Crippen LogP contribution in [0, 0.1) is 10.8 Å². The Bertz CT molecular complexity index is 1110. The van der Waals surface area contributed by atoms with E-state index in [0.717, 1.165) is 16.0 Å². The maximum Gasteiger partial charge on any atom is 0.361 e. The first kappa shape index (κ1) is 15.1. The lowest BCUT2D eigenvalue weighted by atomic mass is 10.2. The van der Waals surface area contributed by atoms with E-state index in [4.69, 9.17) is 16.0 Å². The van der Waals surface area contributed by atoms with Gasteiger partial charge in [0.1, 0.15) is 5.35 Å². The van der Waals surface area contributed by atoms with Gasteiger partial charge in [-0.05, 0) is 29.0 Å². The molecule has 1 aromatic heterocycles. The summed E-state index contributed by atoms with van der Waals surface area (Å²) in [6.07, 6.45) is 3.33. The lowest BCUT2D eigenvalue weighted by molar-refractivity contribution is 0.489. The van der Waals surface area contributed by atoms with Gasteiger partial charge in [-0.25, -0.2) is 4.79 Å². The fourth-order valence-corrected chi connectivity index (χ4v) is 2.43. The molecule has 0 unspecified atom stereocenters. The number of halogens is 1. The first-order valence-corrected chi connectivity index (χ1v) is 7.43. The van der Waals surface area contributed by atoms with Crippen molar-refractivity contribution in [3.05, 3.63) is 96.9 Å². The highest BCUT2D eigenvalue weighted by atomic mass is 35.5. The van der Waals surface area contributed by atoms with Crippen LogP contribution >= 0.6 is 11.6 Å². The molecule has 0 aliphatic rings. The molecule has 0 spiro atoms. The summed E-state index contributed by atoms with van der Waals surface area (Å²) in [6, 6.07) is 17.0. The zero-order valence-electron chi connectivity index (χ0n) is 12.3. The van der Waals surface area contributed by atoms with Crippen LogP contribution in [0.15, 0.2) is 68.8 Å². The van der Waals surface area contributed by atoms with Gasteiger partial charge in [-0.1, -0.05) is 66.7 Å². The van der Waals surface area contributed by atoms with E-state index in [-0.39, 0.29) is 0 Å². The molecule has 0 radical (unpaired) electrons. The molecule has 3 rings (SSSR count). The molecular weight excluding hydrogens is 310 g/mol. The van der Waals surface area contributed by atoms with Crippen LogP contribution in [-0.2, 0) is 0 Å². The van der Waals surface area contributed by atoms with Crippen LogP contribution in [0.5, 0.6) is 0 Å². The molecule has 0 aliphatic heterocycles. The van der Waals surface area contributed by atoms with Crippen LogP contribution in [0.4, 0.5) is 0 Å². The highest BCUT2D eigenvalue weighted by Gasteiger charge is 1.98. The van der Waals surface area contributed by atoms with Crippen molar-refractivity contribution in [2.24, 2.45) is 0 Å². The first-order valence-electron chi connectivity index (χ1n) is 7.05. The topological polar surface area (TPSA) is 46.0 Å². The lowest BCUT2D eigenvalue weighted by Crippen LogP contribution is -2.20. The molecule has 4 heteroatoms. The van der Waals surface area contributed by atoms with Gasteiger partial charge in [0.05, 0.1) is 0 Å². The van der Waals surface area contributed by atoms with Gasteiger partial charge in [0, 0.05) is 10.3 Å². The minimum absolute atomic E-state index is 0.292. The molecule has 2 aromatic carbocycles. The fraction of sp³-hybridized carbons (Fsp3) is 0. The average molecular weight is 324 g/mol. The highest BCUT2D eigenvalue weighted by molar-refractivity contribution is 6.36. The maximum atomic E-state index is 12.0. The van der Waals surface area contributed by atoms with Crippen molar-refractivity contribution in [3.8, 4) is 0 Å². The standard InChI is InChI=1S/C19H14ClNO2/c1-13-7-5-6-10-16(13)18-21-17(19(22)23-18)12-15(20)11-14-8-3-2-4-9-14/h2-12,21H,1H2/b15-11-,17-12-,18-16?. The second kappa shape index (κ2) is 6.55. The Hall–Kier alpha value is -2.78. The lowest BCUT2D eigenvalue weighted by Gasteiger charge is -1.91. The second-order valence-electron chi connectivity index (χ2n) is 5.00. The monoisotopic (exact) mass is 323 g/mol. The molecule has 1 heterocycles. The summed E-state index contributed by atoms with van der Waals surface area (Å²) in [5.74, 6) is 0. The third kappa shape index (κ3) is 3.52. The van der Waals surface area contributed by atoms with Gasteiger partial charge >= 0.3 is 5.63 Å². The predicted octanol–water partition coefficient (Wildman–Crippen LogP) is 2.73. The van der Waals surface area contributed by atoms with Crippen molar-refractivity contribution in [1.82, 2.24) is 4.98 Å². The van der Waals surface area contributed by atoms with Gasteiger partial charge in [0.15, 0.2) is 0 Å². The van der Waals surface area contributed by atoms with Crippen LogP contribution in [0.2, 0.25) is 0 Å². The van der Waals surface area contributed by atoms with Gasteiger partial charge in [-0.3, -0.25) is 0 Å². The number of benzene rings is 2. The van der Waals surface area contributed by atoms with Gasteiger partial charge in [0.2, 0.25) is 5.55 Å². The van der Waals surface area contributed by atoms with E-state index >= 15 is 0 Å². The van der Waals surface area contributed by atoms with Crippen LogP contribution in [0.25, 0.3) is 18.7 Å². The average Bonchev–Trinajstić information content (AvgIpc) is 2.89. The van der Waals surface area contributed by atoms with Crippen molar-refractivity contribution < 1.29 is 4.42 Å². The largest absolute Gasteiger partial charge is 0.404 e. The molecule has 0 amide bonds. The van der Waals surface area contributed by atoms with Crippen molar-refractivity contribution in [1.29, 1.82) is 0 Å². The number of H-pyrrole nitrogens is 1. The summed E-state index contributed by atoms with van der Waals surface area (Å²) >= 11 is 6.20. The smallest absolute Gasteiger partial charge is 0.361 e. The molecule has 0 atom stereocenters. The normalized spacial score (nSPS) is 14.1. The summed E-state index contributed by atoms with van der Waals surface area (Å²) in [7, 11) is 0. The Morgan fingerprint density at radius 3 is 2.52 bits per heavy atom. The van der Waals surface area contributed by atoms with Crippen LogP contribution in [0.3, 0.4) is 0 Å². The van der Waals surface area contributed by atoms with E-state index in [9.17, 15) is 4.79 Å². The molecule has 0 saturated heterocycles. The van der Waals surface area contributed by atoms with Crippen molar-refractivity contribution in [2.75, 3.05) is 0 Å². The predicted molar refractivity (Wildman–Crippen MR) is 93.0 cm³/mol. The van der Waals surface area contributed by atoms with Gasteiger partial charge in [-0.2, -0.15) is 0 Å². The van der Waals surface area contributed by atoms with Crippen LogP contribution in [-0.4, -0.2) is 4.98 Å². The molecule has 1 N–H and O–H groups in total. The molecule has 3 nitrogen and oxygen atoms in total. The van der Waals surface area contributed by atoms with Gasteiger partial charge in [0.25, 0.3) is 0 Å². The molecular formula is C19H14ClNO2. The molecule has 3 aromatic rings. The van der Waals surface area contributed by atoms with Crippen molar-refractivity contribution in [3.63, 3.8) is 0 Å². The molecule has 0 saturated carbocycles. The molecule has 0 bridgehead atoms. The van der Waals surface area contributed by atoms with Gasteiger partial charge < -0.3 is 9.40 Å². The zero-order chi connectivity index (χ0) is 16.2. The van der Waals surface area contributed by atoms with Gasteiger partial charge in [-0.15, -0.1) is 0 Å². The zero-order valence-corrected chi connectivity index (χ0v) is 13.0. The number of allylic oxidation sites excluding steroid dienone is 1. The summed E-state index contributed by atoms with van der Waals surface area (Å²) in [5.41, 5.74) is 0.854. The SMILES string of the molecule is C=c1ccccc1=c1[nH]/c(=C\C(Cl)=C\c2ccccc2)c(=O)o1. The van der Waals surface area contributed by atoms with Crippen molar-refractivity contribution in [2.45, 2.75) is 0 Å². The quantitative estimate of drug-likeness (QED) is 0.788. The summed E-state index contributed by atoms with van der Waals surface area (Å²) in [5, 5.41) is 2.24. The number of hydrogen-bond donors (Lipinski definition) is 1. The van der Waals surface area contributed by atoms with E-state index in [0.29, 0.717) is 15.9 Å². The first-order chi connectivity index (χ1) is 11.1. The Balaban J connectivity index is 2.15. The number of aromatic amines is 1. The number of hydrogen-bond acceptors (Lipinski definition) is 2. The third-order valence-corrected chi connectivity index (χ3v) is 3.53. The summed E-state index contributed by atoms with van der Waals surface area (Å²) in [4.78, 5) is 14.9. The fourth-order valence-electron chi connectivity index (χ4n) is 2.19. The summed E-state index contributed by atoms with van der Waals surface area (Å²) in [6.45, 7) is 3.92. The third-order valence-electron chi connectivity index (χ3n) is 3.31. The number of oxazole rings is 1. The molecule has 0 fully saturated rings. The summed E-state index contributed by atoms with van der Waals surface area (Å²) < 4.78 is 5.26. The minimum atomic E-state index is -0.470. The number of aromatic nitrogens is 1. The number of rotatable bonds is 2. The highest BCUT2D eigenvalue weighted by Crippen LogP contribution is 2.10. The Morgan fingerprint density at radius 1 is 1.09 bits per heavy atom. The Kier molecular flexibility index (Phi) is 4.31. The van der Waals surface area contributed by atoms with E-state index in [2.05, 4.69) is 11.6 Å². The molecule has 114 valence electrons. The molecule has 23 heavy (non-hydrogen) atoms. The minimum Gasteiger partial charge on any atom is -0.404 e. The Labute approximate surface area is 137 Å². The van der Waals surface area contributed by atoms with Crippen molar-refractivity contribution >= 4 is 30.3 Å². The second-order valence-corrected chi connectivity index (χ2v) is 5.44. The number of nitrogens with one attached hydrogen (secondary N) is 1. The Morgan fingerprint density at radius 2 is 1.78 bits per heavy atom. The van der Waals surface area contributed by atoms with Crippen LogP contribution in [0.1, 0.15) is 5.56 Å².